The SMILES string of the molecule is CC(=O)c1nn(CC(=O)N2[C@H]3C[C@@]4(COC/C=C\COCc5ccc(Br)nc5NC3=O)C[C@@H]24)c2c(C)nc(-c3cnc(C)nc3)cc12. The molecule has 7 rings (SSSR count). The monoisotopic (exact) mass is 700 g/mol. The second kappa shape index (κ2) is 12.3. The molecule has 4 aromatic heterocycles. The number of fused-ring (bicyclic) bond motifs is 3. The summed E-state index contributed by atoms with van der Waals surface area (Å²) in [5.41, 5.74) is 3.11. The molecule has 6 heterocycles. The van der Waals surface area contributed by atoms with Crippen molar-refractivity contribution in [1.82, 2.24) is 34.6 Å². The van der Waals surface area contributed by atoms with E-state index in [-0.39, 0.29) is 47.9 Å². The lowest BCUT2D eigenvalue weighted by Gasteiger charge is -2.27. The van der Waals surface area contributed by atoms with Crippen LogP contribution in [0, 0.1) is 19.3 Å². The summed E-state index contributed by atoms with van der Waals surface area (Å²) in [7, 11) is 0. The highest BCUT2D eigenvalue weighted by Crippen LogP contribution is 2.60. The first-order valence-corrected chi connectivity index (χ1v) is 16.2. The van der Waals surface area contributed by atoms with Crippen LogP contribution in [0.1, 0.15) is 47.3 Å². The van der Waals surface area contributed by atoms with Crippen molar-refractivity contribution >= 4 is 50.2 Å². The number of ketones is 1. The number of Topliss-reactive ketones (excluding diaryl/α,β-unsaturated/α-hetero) is 1. The lowest BCUT2D eigenvalue weighted by Crippen LogP contribution is -2.47. The van der Waals surface area contributed by atoms with Crippen molar-refractivity contribution < 1.29 is 23.9 Å². The third kappa shape index (κ3) is 5.96. The molecule has 2 aliphatic heterocycles. The second-order valence-corrected chi connectivity index (χ2v) is 13.1. The molecule has 1 saturated heterocycles. The maximum Gasteiger partial charge on any atom is 0.248 e. The summed E-state index contributed by atoms with van der Waals surface area (Å²) in [5.74, 6) is 0.162. The Morgan fingerprint density at radius 3 is 2.62 bits per heavy atom. The van der Waals surface area contributed by atoms with Gasteiger partial charge in [-0.25, -0.2) is 15.0 Å². The molecule has 0 unspecified atom stereocenters. The number of nitrogens with zero attached hydrogens (tertiary/aromatic N) is 7. The zero-order valence-corrected chi connectivity index (χ0v) is 27.8. The van der Waals surface area contributed by atoms with E-state index in [0.29, 0.717) is 70.3 Å². The quantitative estimate of drug-likeness (QED) is 0.188. The molecule has 2 fully saturated rings. The largest absolute Gasteiger partial charge is 0.377 e. The Morgan fingerprint density at radius 1 is 1.09 bits per heavy atom. The predicted molar refractivity (Wildman–Crippen MR) is 174 cm³/mol. The topological polar surface area (TPSA) is 154 Å². The third-order valence-corrected chi connectivity index (χ3v) is 9.47. The van der Waals surface area contributed by atoms with Crippen LogP contribution < -0.4 is 5.32 Å². The Morgan fingerprint density at radius 2 is 1.85 bits per heavy atom. The van der Waals surface area contributed by atoms with Gasteiger partial charge in [-0.1, -0.05) is 18.2 Å². The van der Waals surface area contributed by atoms with Gasteiger partial charge in [0, 0.05) is 47.3 Å². The van der Waals surface area contributed by atoms with Crippen molar-refractivity contribution in [2.24, 2.45) is 5.41 Å². The van der Waals surface area contributed by atoms with Gasteiger partial charge in [0.25, 0.3) is 0 Å². The van der Waals surface area contributed by atoms with E-state index < -0.39 is 6.04 Å². The van der Waals surface area contributed by atoms with Crippen molar-refractivity contribution in [2.75, 3.05) is 25.1 Å². The summed E-state index contributed by atoms with van der Waals surface area (Å²) in [6.07, 6.45) is 8.37. The van der Waals surface area contributed by atoms with Gasteiger partial charge >= 0.3 is 0 Å². The minimum Gasteiger partial charge on any atom is -0.377 e. The molecule has 0 radical (unpaired) electrons. The van der Waals surface area contributed by atoms with Gasteiger partial charge in [-0.05, 0) is 54.8 Å². The number of pyridine rings is 2. The van der Waals surface area contributed by atoms with Gasteiger partial charge in [-0.2, -0.15) is 5.10 Å². The molecule has 3 atom stereocenters. The summed E-state index contributed by atoms with van der Waals surface area (Å²) in [5, 5.41) is 8.15. The Kier molecular flexibility index (Phi) is 8.18. The van der Waals surface area contributed by atoms with Crippen LogP contribution in [0.4, 0.5) is 5.82 Å². The zero-order valence-electron chi connectivity index (χ0n) is 26.2. The van der Waals surface area contributed by atoms with Crippen molar-refractivity contribution in [1.29, 1.82) is 0 Å². The molecule has 1 spiro atoms. The molecule has 3 aliphatic rings. The van der Waals surface area contributed by atoms with Gasteiger partial charge in [-0.3, -0.25) is 24.0 Å². The first-order valence-electron chi connectivity index (χ1n) is 15.4. The van der Waals surface area contributed by atoms with Gasteiger partial charge in [0.15, 0.2) is 5.78 Å². The molecule has 1 aliphatic carbocycles. The first kappa shape index (κ1) is 31.2. The number of halogens is 1. The van der Waals surface area contributed by atoms with E-state index in [4.69, 9.17) is 14.5 Å². The highest BCUT2D eigenvalue weighted by atomic mass is 79.9. The molecule has 13 nitrogen and oxygen atoms in total. The van der Waals surface area contributed by atoms with Crippen molar-refractivity contribution in [2.45, 2.75) is 58.8 Å². The summed E-state index contributed by atoms with van der Waals surface area (Å²) in [4.78, 5) is 60.4. The van der Waals surface area contributed by atoms with Crippen LogP contribution in [0.25, 0.3) is 22.2 Å². The number of carbonyl (C=O) groups excluding carboxylic acids is 3. The van der Waals surface area contributed by atoms with Crippen molar-refractivity contribution in [3.63, 3.8) is 0 Å². The fraction of sp³-hybridized carbons (Fsp3) is 0.394. The lowest BCUT2D eigenvalue weighted by atomic mass is 10.00. The summed E-state index contributed by atoms with van der Waals surface area (Å²) in [6.45, 7) is 6.37. The molecule has 1 N–H and O–H groups in total. The summed E-state index contributed by atoms with van der Waals surface area (Å²) >= 11 is 3.40. The fourth-order valence-corrected chi connectivity index (χ4v) is 6.98. The van der Waals surface area contributed by atoms with Crippen LogP contribution >= 0.6 is 15.9 Å². The summed E-state index contributed by atoms with van der Waals surface area (Å²) in [6, 6.07) is 4.51. The van der Waals surface area contributed by atoms with Crippen molar-refractivity contribution in [3.05, 3.63) is 70.1 Å². The maximum absolute atomic E-state index is 14.2. The Labute approximate surface area is 278 Å². The minimum atomic E-state index is -0.749. The molecule has 0 aromatic carbocycles. The van der Waals surface area contributed by atoms with Gasteiger partial charge in [-0.15, -0.1) is 0 Å². The highest BCUT2D eigenvalue weighted by molar-refractivity contribution is 9.10. The van der Waals surface area contributed by atoms with Crippen LogP contribution in [0.15, 0.2) is 47.3 Å². The zero-order chi connectivity index (χ0) is 32.9. The number of piperidine rings is 1. The maximum atomic E-state index is 14.2. The number of ether oxygens (including phenoxy) is 2. The molecule has 47 heavy (non-hydrogen) atoms. The number of likely N-dealkylation sites (tertiary alicyclic amines) is 1. The van der Waals surface area contributed by atoms with Crippen molar-refractivity contribution in [3.8, 4) is 11.3 Å². The van der Waals surface area contributed by atoms with E-state index >= 15 is 0 Å². The van der Waals surface area contributed by atoms with E-state index in [0.717, 1.165) is 12.0 Å². The van der Waals surface area contributed by atoms with Gasteiger partial charge in [0.1, 0.15) is 34.5 Å². The van der Waals surface area contributed by atoms with Crippen LogP contribution in [0.2, 0.25) is 0 Å². The van der Waals surface area contributed by atoms with Crippen LogP contribution in [0.5, 0.6) is 0 Å². The number of rotatable bonds is 4. The van der Waals surface area contributed by atoms with Gasteiger partial charge in [0.05, 0.1) is 43.3 Å². The smallest absolute Gasteiger partial charge is 0.248 e. The number of aryl methyl sites for hydroxylation is 2. The molecule has 2 amide bonds. The van der Waals surface area contributed by atoms with E-state index in [1.54, 1.807) is 36.4 Å². The predicted octanol–water partition coefficient (Wildman–Crippen LogP) is 3.97. The van der Waals surface area contributed by atoms with E-state index in [1.807, 2.05) is 25.1 Å². The van der Waals surface area contributed by atoms with Crippen LogP contribution in [0.3, 0.4) is 0 Å². The number of hydrogen-bond acceptors (Lipinski definition) is 10. The highest BCUT2D eigenvalue weighted by Gasteiger charge is 2.67. The number of hydrogen-bond donors (Lipinski definition) is 1. The normalized spacial score (nSPS) is 23.3. The molecule has 2 bridgehead atoms. The first-order chi connectivity index (χ1) is 22.6. The number of anilines is 1. The van der Waals surface area contributed by atoms with E-state index in [1.165, 1.54) is 11.6 Å². The van der Waals surface area contributed by atoms with Crippen LogP contribution in [-0.2, 0) is 32.2 Å². The third-order valence-electron chi connectivity index (χ3n) is 9.03. The minimum absolute atomic E-state index is 0.164. The van der Waals surface area contributed by atoms with E-state index in [2.05, 4.69) is 41.3 Å². The average Bonchev–Trinajstić information content (AvgIpc) is 3.43. The molecule has 4 aromatic rings. The number of amides is 2. The molecule has 14 heteroatoms. The van der Waals surface area contributed by atoms with Gasteiger partial charge < -0.3 is 19.7 Å². The number of nitrogens with one attached hydrogen (secondary N) is 1. The standard InChI is InChI=1S/C33H33BrN8O5/c1-18-30-23(10-24(37-18)22-13-35-20(3)36-14-22)29(19(2)43)40-41(30)15-28(44)42-25-11-33(12-26(33)42)17-47-9-5-4-8-46-16-21-6-7-27(34)38-31(21)39-32(25)45/h4-7,10,13-14,25-26H,8-9,11-12,15-17H2,1-3H3,(H,38,39,45)/b5-4-/t25-,26+,33-/m0/s1. The van der Waals surface area contributed by atoms with E-state index in [9.17, 15) is 14.4 Å². The summed E-state index contributed by atoms with van der Waals surface area (Å²) < 4.78 is 13.9. The molecule has 242 valence electrons. The van der Waals surface area contributed by atoms with Gasteiger partial charge in [0.2, 0.25) is 11.8 Å². The fourth-order valence-electron chi connectivity index (χ4n) is 6.67. The molecular weight excluding hydrogens is 668 g/mol. The molecular formula is C33H33BrN8O5. The molecule has 1 saturated carbocycles. The Hall–Kier alpha value is -4.40. The number of aromatic nitrogens is 6. The Balaban J connectivity index is 1.22. The Bertz CT molecular complexity index is 1940. The lowest BCUT2D eigenvalue weighted by molar-refractivity contribution is -0.138. The number of carbonyl (C=O) groups is 3. The van der Waals surface area contributed by atoms with Crippen LogP contribution in [-0.4, -0.2) is 84.1 Å². The average molecular weight is 702 g/mol. The second-order valence-electron chi connectivity index (χ2n) is 12.3.